The Morgan fingerprint density at radius 2 is 2.20 bits per heavy atom. The van der Waals surface area contributed by atoms with Crippen molar-refractivity contribution in [3.05, 3.63) is 0 Å². The lowest BCUT2D eigenvalue weighted by Gasteiger charge is -2.18. The average Bonchev–Trinajstić information content (AvgIpc) is 2.27. The fourth-order valence-electron chi connectivity index (χ4n) is 1.26. The Bertz CT molecular complexity index is 173. The number of carbonyl (C=O) groups excluding carboxylic acids is 1. The summed E-state index contributed by atoms with van der Waals surface area (Å²) in [6, 6.07) is -0.232. The molecule has 0 amide bonds. The van der Waals surface area contributed by atoms with E-state index in [0.29, 0.717) is 6.54 Å². The molecule has 0 aromatic heterocycles. The minimum Gasteiger partial charge on any atom is -0.468 e. The molecule has 0 aromatic carbocycles. The predicted molar refractivity (Wildman–Crippen MR) is 59.6 cm³/mol. The number of hydrogen-bond acceptors (Lipinski definition) is 4. The van der Waals surface area contributed by atoms with Crippen molar-refractivity contribution in [1.29, 1.82) is 0 Å². The molecule has 0 aliphatic rings. The van der Waals surface area contributed by atoms with E-state index in [2.05, 4.69) is 12.2 Å². The second-order valence-corrected chi connectivity index (χ2v) is 3.91. The van der Waals surface area contributed by atoms with Crippen LogP contribution in [0.2, 0.25) is 0 Å². The number of ether oxygens (including phenoxy) is 1. The summed E-state index contributed by atoms with van der Waals surface area (Å²) in [5.74, 6) is -0.0487. The SMILES string of the molecule is CCCCC(NCC(C)CO)C(=O)OC. The van der Waals surface area contributed by atoms with Gasteiger partial charge in [0.1, 0.15) is 6.04 Å². The van der Waals surface area contributed by atoms with Gasteiger partial charge < -0.3 is 15.2 Å². The number of unbranched alkanes of at least 4 members (excludes halogenated alkanes) is 1. The Hall–Kier alpha value is -0.610. The van der Waals surface area contributed by atoms with Crippen molar-refractivity contribution in [1.82, 2.24) is 5.32 Å². The lowest BCUT2D eigenvalue weighted by molar-refractivity contribution is -0.143. The highest BCUT2D eigenvalue weighted by atomic mass is 16.5. The van der Waals surface area contributed by atoms with Crippen LogP contribution in [-0.2, 0) is 9.53 Å². The first kappa shape index (κ1) is 14.4. The molecule has 2 unspecified atom stereocenters. The van der Waals surface area contributed by atoms with E-state index >= 15 is 0 Å². The van der Waals surface area contributed by atoms with Crippen molar-refractivity contribution in [2.75, 3.05) is 20.3 Å². The highest BCUT2D eigenvalue weighted by molar-refractivity contribution is 5.75. The number of nitrogens with one attached hydrogen (secondary N) is 1. The molecule has 15 heavy (non-hydrogen) atoms. The van der Waals surface area contributed by atoms with E-state index in [0.717, 1.165) is 19.3 Å². The molecule has 0 heterocycles. The molecular formula is C11H23NO3. The third kappa shape index (κ3) is 6.47. The maximum Gasteiger partial charge on any atom is 0.322 e. The molecule has 0 bridgehead atoms. The molecule has 0 spiro atoms. The summed E-state index contributed by atoms with van der Waals surface area (Å²) < 4.78 is 4.71. The van der Waals surface area contributed by atoms with E-state index in [1.54, 1.807) is 0 Å². The summed E-state index contributed by atoms with van der Waals surface area (Å²) in [5, 5.41) is 12.0. The normalized spacial score (nSPS) is 14.7. The largest absolute Gasteiger partial charge is 0.468 e. The number of aliphatic hydroxyl groups is 1. The van der Waals surface area contributed by atoms with Crippen LogP contribution in [0, 0.1) is 5.92 Å². The molecule has 0 saturated heterocycles. The van der Waals surface area contributed by atoms with Crippen LogP contribution in [0.1, 0.15) is 33.1 Å². The fourth-order valence-corrected chi connectivity index (χ4v) is 1.26. The van der Waals surface area contributed by atoms with Crippen LogP contribution >= 0.6 is 0 Å². The molecule has 0 aliphatic heterocycles. The van der Waals surface area contributed by atoms with Crippen LogP contribution < -0.4 is 5.32 Å². The quantitative estimate of drug-likeness (QED) is 0.594. The molecule has 4 heteroatoms. The van der Waals surface area contributed by atoms with Gasteiger partial charge in [0.15, 0.2) is 0 Å². The van der Waals surface area contributed by atoms with Crippen LogP contribution in [0.5, 0.6) is 0 Å². The Morgan fingerprint density at radius 1 is 1.53 bits per heavy atom. The molecule has 2 atom stereocenters. The topological polar surface area (TPSA) is 58.6 Å². The van der Waals surface area contributed by atoms with Crippen molar-refractivity contribution in [2.45, 2.75) is 39.2 Å². The zero-order valence-corrected chi connectivity index (χ0v) is 9.95. The number of hydrogen-bond donors (Lipinski definition) is 2. The van der Waals surface area contributed by atoms with Gasteiger partial charge in [-0.3, -0.25) is 4.79 Å². The molecular weight excluding hydrogens is 194 g/mol. The lowest BCUT2D eigenvalue weighted by Crippen LogP contribution is -2.40. The third-order valence-electron chi connectivity index (χ3n) is 2.36. The van der Waals surface area contributed by atoms with Crippen LogP contribution in [0.4, 0.5) is 0 Å². The summed E-state index contributed by atoms with van der Waals surface area (Å²) in [4.78, 5) is 11.4. The van der Waals surface area contributed by atoms with E-state index in [4.69, 9.17) is 9.84 Å². The Morgan fingerprint density at radius 3 is 2.67 bits per heavy atom. The van der Waals surface area contributed by atoms with E-state index in [9.17, 15) is 4.79 Å². The zero-order chi connectivity index (χ0) is 11.7. The van der Waals surface area contributed by atoms with Gasteiger partial charge in [0.2, 0.25) is 0 Å². The van der Waals surface area contributed by atoms with Crippen molar-refractivity contribution < 1.29 is 14.6 Å². The number of rotatable bonds is 8. The van der Waals surface area contributed by atoms with Gasteiger partial charge in [-0.15, -0.1) is 0 Å². The Balaban J connectivity index is 3.95. The van der Waals surface area contributed by atoms with E-state index < -0.39 is 0 Å². The number of esters is 1. The minimum absolute atomic E-state index is 0.134. The smallest absolute Gasteiger partial charge is 0.322 e. The summed E-state index contributed by atoms with van der Waals surface area (Å²) in [5.41, 5.74) is 0. The summed E-state index contributed by atoms with van der Waals surface area (Å²) >= 11 is 0. The van der Waals surface area contributed by atoms with Crippen molar-refractivity contribution in [3.8, 4) is 0 Å². The highest BCUT2D eigenvalue weighted by Gasteiger charge is 2.18. The Kier molecular flexibility index (Phi) is 8.33. The predicted octanol–water partition coefficient (Wildman–Crippen LogP) is 0.936. The first-order chi connectivity index (χ1) is 7.15. The van der Waals surface area contributed by atoms with Gasteiger partial charge in [-0.2, -0.15) is 0 Å². The monoisotopic (exact) mass is 217 g/mol. The fraction of sp³-hybridized carbons (Fsp3) is 0.909. The van der Waals surface area contributed by atoms with Gasteiger partial charge in [-0.1, -0.05) is 26.7 Å². The number of methoxy groups -OCH3 is 1. The molecule has 0 aliphatic carbocycles. The molecule has 4 nitrogen and oxygen atoms in total. The maximum absolute atomic E-state index is 11.4. The first-order valence-corrected chi connectivity index (χ1v) is 5.57. The summed E-state index contributed by atoms with van der Waals surface area (Å²) in [6.07, 6.45) is 2.85. The first-order valence-electron chi connectivity index (χ1n) is 5.57. The zero-order valence-electron chi connectivity index (χ0n) is 9.95. The maximum atomic E-state index is 11.4. The summed E-state index contributed by atoms with van der Waals surface area (Å²) in [6.45, 7) is 4.79. The second kappa shape index (κ2) is 8.68. The van der Waals surface area contributed by atoms with Gasteiger partial charge >= 0.3 is 5.97 Å². The minimum atomic E-state index is -0.232. The van der Waals surface area contributed by atoms with Gasteiger partial charge in [-0.05, 0) is 12.3 Å². The van der Waals surface area contributed by atoms with Gasteiger partial charge in [0, 0.05) is 13.2 Å². The van der Waals surface area contributed by atoms with Crippen molar-refractivity contribution in [2.24, 2.45) is 5.92 Å². The van der Waals surface area contributed by atoms with Crippen LogP contribution in [-0.4, -0.2) is 37.4 Å². The number of carbonyl (C=O) groups is 1. The highest BCUT2D eigenvalue weighted by Crippen LogP contribution is 2.03. The van der Waals surface area contributed by atoms with Gasteiger partial charge in [-0.25, -0.2) is 0 Å². The molecule has 90 valence electrons. The molecule has 0 fully saturated rings. The van der Waals surface area contributed by atoms with E-state index in [-0.39, 0.29) is 24.5 Å². The lowest BCUT2D eigenvalue weighted by atomic mass is 10.1. The summed E-state index contributed by atoms with van der Waals surface area (Å²) in [7, 11) is 1.40. The molecule has 0 saturated carbocycles. The van der Waals surface area contributed by atoms with Gasteiger partial charge in [0.05, 0.1) is 7.11 Å². The molecule has 0 rings (SSSR count). The second-order valence-electron chi connectivity index (χ2n) is 3.91. The number of aliphatic hydroxyl groups excluding tert-OH is 1. The van der Waals surface area contributed by atoms with Crippen molar-refractivity contribution >= 4 is 5.97 Å². The van der Waals surface area contributed by atoms with Gasteiger partial charge in [0.25, 0.3) is 0 Å². The average molecular weight is 217 g/mol. The molecule has 2 N–H and O–H groups in total. The molecule has 0 aromatic rings. The van der Waals surface area contributed by atoms with Crippen LogP contribution in [0.15, 0.2) is 0 Å². The molecule has 0 radical (unpaired) electrons. The third-order valence-corrected chi connectivity index (χ3v) is 2.36. The van der Waals surface area contributed by atoms with Crippen LogP contribution in [0.3, 0.4) is 0 Å². The Labute approximate surface area is 92.0 Å². The van der Waals surface area contributed by atoms with Crippen LogP contribution in [0.25, 0.3) is 0 Å². The van der Waals surface area contributed by atoms with Crippen molar-refractivity contribution in [3.63, 3.8) is 0 Å². The van der Waals surface area contributed by atoms with E-state index in [1.807, 2.05) is 6.92 Å². The van der Waals surface area contributed by atoms with E-state index in [1.165, 1.54) is 7.11 Å². The standard InChI is InChI=1S/C11H23NO3/c1-4-5-6-10(11(14)15-3)12-7-9(2)8-13/h9-10,12-13H,4-8H2,1-3H3.